The number of nitro groups is 1. The molecule has 4 nitrogen and oxygen atoms in total. The van der Waals surface area contributed by atoms with Crippen molar-refractivity contribution in [2.75, 3.05) is 0 Å². The maximum atomic E-state index is 10.9. The second-order valence-electron chi connectivity index (χ2n) is 5.23. The van der Waals surface area contributed by atoms with E-state index in [0.717, 1.165) is 16.6 Å². The summed E-state index contributed by atoms with van der Waals surface area (Å²) >= 11 is 5.81. The Morgan fingerprint density at radius 1 is 1.09 bits per heavy atom. The molecule has 0 unspecified atom stereocenters. The summed E-state index contributed by atoms with van der Waals surface area (Å²) in [5, 5.41) is 12.1. The lowest BCUT2D eigenvalue weighted by Crippen LogP contribution is -1.89. The Balaban J connectivity index is 1.92. The number of halogens is 1. The molecule has 0 aliphatic carbocycles. The predicted octanol–water partition coefficient (Wildman–Crippen LogP) is 5.28. The van der Waals surface area contributed by atoms with Crippen molar-refractivity contribution in [3.63, 3.8) is 0 Å². The van der Waals surface area contributed by atoms with Crippen LogP contribution in [0, 0.1) is 17.0 Å². The topological polar surface area (TPSA) is 56.0 Å². The van der Waals surface area contributed by atoms with Crippen molar-refractivity contribution in [1.29, 1.82) is 0 Å². The van der Waals surface area contributed by atoms with E-state index in [-0.39, 0.29) is 10.7 Å². The zero-order valence-corrected chi connectivity index (χ0v) is 13.1. The molecule has 0 atom stereocenters. The van der Waals surface area contributed by atoms with Crippen molar-refractivity contribution in [3.8, 4) is 0 Å². The van der Waals surface area contributed by atoms with Gasteiger partial charge in [-0.3, -0.25) is 10.1 Å². The minimum absolute atomic E-state index is 0.101. The lowest BCUT2D eigenvalue weighted by Gasteiger charge is -2.01. The smallest absolute Gasteiger partial charge is 0.258 e. The first kappa shape index (κ1) is 15.2. The van der Waals surface area contributed by atoms with Crippen molar-refractivity contribution in [2.45, 2.75) is 6.92 Å². The van der Waals surface area contributed by atoms with E-state index in [4.69, 9.17) is 11.6 Å². The van der Waals surface area contributed by atoms with Crippen molar-refractivity contribution in [3.05, 3.63) is 80.5 Å². The molecular weight excluding hydrogens is 312 g/mol. The van der Waals surface area contributed by atoms with Gasteiger partial charge >= 0.3 is 0 Å². The first-order valence-corrected chi connectivity index (χ1v) is 7.40. The number of benzene rings is 2. The summed E-state index contributed by atoms with van der Waals surface area (Å²) in [5.74, 6) is 0. The second kappa shape index (κ2) is 6.18. The van der Waals surface area contributed by atoms with Gasteiger partial charge in [0.2, 0.25) is 0 Å². The maximum Gasteiger partial charge on any atom is 0.288 e. The molecule has 0 N–H and O–H groups in total. The quantitative estimate of drug-likeness (QED) is 0.486. The predicted molar refractivity (Wildman–Crippen MR) is 93.5 cm³/mol. The largest absolute Gasteiger partial charge is 0.288 e. The van der Waals surface area contributed by atoms with Gasteiger partial charge in [0.25, 0.3) is 5.69 Å². The van der Waals surface area contributed by atoms with Crippen molar-refractivity contribution in [1.82, 2.24) is 4.98 Å². The lowest BCUT2D eigenvalue weighted by atomic mass is 10.1. The Morgan fingerprint density at radius 2 is 1.91 bits per heavy atom. The number of hydrogen-bond donors (Lipinski definition) is 0. The fourth-order valence-electron chi connectivity index (χ4n) is 2.31. The first-order chi connectivity index (χ1) is 11.0. The number of aryl methyl sites for hydroxylation is 1. The van der Waals surface area contributed by atoms with E-state index in [0.29, 0.717) is 5.56 Å². The number of aromatic nitrogens is 1. The number of fused-ring (bicyclic) bond motifs is 1. The third-order valence-electron chi connectivity index (χ3n) is 3.48. The molecule has 0 aliphatic heterocycles. The molecule has 0 aliphatic rings. The van der Waals surface area contributed by atoms with Crippen molar-refractivity contribution < 1.29 is 4.92 Å². The average Bonchev–Trinajstić information content (AvgIpc) is 2.53. The van der Waals surface area contributed by atoms with E-state index in [9.17, 15) is 10.1 Å². The van der Waals surface area contributed by atoms with Gasteiger partial charge in [-0.25, -0.2) is 4.98 Å². The van der Waals surface area contributed by atoms with Crippen LogP contribution in [0.1, 0.15) is 16.8 Å². The molecule has 3 aromatic rings. The maximum absolute atomic E-state index is 10.9. The normalized spacial score (nSPS) is 11.2. The Bertz CT molecular complexity index is 935. The van der Waals surface area contributed by atoms with Crippen molar-refractivity contribution >= 4 is 40.3 Å². The average molecular weight is 325 g/mol. The molecule has 0 radical (unpaired) electrons. The van der Waals surface area contributed by atoms with E-state index in [1.807, 2.05) is 37.3 Å². The summed E-state index contributed by atoms with van der Waals surface area (Å²) in [7, 11) is 0. The minimum Gasteiger partial charge on any atom is -0.258 e. The number of rotatable bonds is 3. The highest BCUT2D eigenvalue weighted by Gasteiger charge is 2.11. The van der Waals surface area contributed by atoms with Crippen LogP contribution in [0.15, 0.2) is 48.5 Å². The standard InChI is InChI=1S/C18H13ClN2O2/c1-12-2-9-17-14(10-12)5-7-15(20-17)6-3-13-4-8-16(19)18(11-13)21(22)23/h2-11H,1H3/b6-3+. The Kier molecular flexibility index (Phi) is 4.08. The molecule has 0 amide bonds. The van der Waals surface area contributed by atoms with Crippen LogP contribution in [-0.4, -0.2) is 9.91 Å². The van der Waals surface area contributed by atoms with Gasteiger partial charge in [-0.15, -0.1) is 0 Å². The summed E-state index contributed by atoms with van der Waals surface area (Å²) in [5.41, 5.74) is 3.50. The van der Waals surface area contributed by atoms with Crippen LogP contribution in [-0.2, 0) is 0 Å². The number of nitrogens with zero attached hydrogens (tertiary/aromatic N) is 2. The van der Waals surface area contributed by atoms with E-state index in [2.05, 4.69) is 11.1 Å². The molecule has 3 rings (SSSR count). The molecule has 1 heterocycles. The fraction of sp³-hybridized carbons (Fsp3) is 0.0556. The summed E-state index contributed by atoms with van der Waals surface area (Å²) in [6.07, 6.45) is 3.61. The van der Waals surface area contributed by atoms with Gasteiger partial charge < -0.3 is 0 Å². The van der Waals surface area contributed by atoms with Crippen LogP contribution < -0.4 is 0 Å². The molecule has 0 saturated heterocycles. The van der Waals surface area contributed by atoms with Gasteiger partial charge in [0.05, 0.1) is 16.1 Å². The van der Waals surface area contributed by atoms with E-state index < -0.39 is 4.92 Å². The van der Waals surface area contributed by atoms with Crippen LogP contribution in [0.3, 0.4) is 0 Å². The molecule has 0 fully saturated rings. The molecule has 2 aromatic carbocycles. The van der Waals surface area contributed by atoms with Gasteiger partial charge in [-0.2, -0.15) is 0 Å². The zero-order chi connectivity index (χ0) is 16.4. The summed E-state index contributed by atoms with van der Waals surface area (Å²) in [6.45, 7) is 2.04. The Labute approximate surface area is 138 Å². The fourth-order valence-corrected chi connectivity index (χ4v) is 2.50. The van der Waals surface area contributed by atoms with E-state index >= 15 is 0 Å². The highest BCUT2D eigenvalue weighted by Crippen LogP contribution is 2.26. The van der Waals surface area contributed by atoms with E-state index in [1.165, 1.54) is 17.7 Å². The van der Waals surface area contributed by atoms with Gasteiger partial charge in [0, 0.05) is 11.5 Å². The van der Waals surface area contributed by atoms with Gasteiger partial charge in [0.15, 0.2) is 0 Å². The summed E-state index contributed by atoms with van der Waals surface area (Å²) in [6, 6.07) is 14.7. The van der Waals surface area contributed by atoms with Crippen LogP contribution in [0.4, 0.5) is 5.69 Å². The first-order valence-electron chi connectivity index (χ1n) is 7.02. The Hall–Kier alpha value is -2.72. The molecule has 114 valence electrons. The van der Waals surface area contributed by atoms with Crippen LogP contribution in [0.5, 0.6) is 0 Å². The second-order valence-corrected chi connectivity index (χ2v) is 5.64. The third-order valence-corrected chi connectivity index (χ3v) is 3.80. The molecule has 0 spiro atoms. The monoisotopic (exact) mass is 324 g/mol. The van der Waals surface area contributed by atoms with Gasteiger partial charge in [-0.05, 0) is 42.8 Å². The summed E-state index contributed by atoms with van der Waals surface area (Å²) < 4.78 is 0. The molecular formula is C18H13ClN2O2. The lowest BCUT2D eigenvalue weighted by molar-refractivity contribution is -0.384. The highest BCUT2D eigenvalue weighted by molar-refractivity contribution is 6.32. The van der Waals surface area contributed by atoms with Crippen molar-refractivity contribution in [2.24, 2.45) is 0 Å². The minimum atomic E-state index is -0.490. The molecule has 23 heavy (non-hydrogen) atoms. The molecule has 0 saturated carbocycles. The molecule has 5 heteroatoms. The van der Waals surface area contributed by atoms with Crippen LogP contribution >= 0.6 is 11.6 Å². The van der Waals surface area contributed by atoms with Crippen LogP contribution in [0.2, 0.25) is 5.02 Å². The highest BCUT2D eigenvalue weighted by atomic mass is 35.5. The number of pyridine rings is 1. The van der Waals surface area contributed by atoms with Gasteiger partial charge in [0.1, 0.15) is 5.02 Å². The van der Waals surface area contributed by atoms with E-state index in [1.54, 1.807) is 12.1 Å². The Morgan fingerprint density at radius 3 is 2.70 bits per heavy atom. The van der Waals surface area contributed by atoms with Crippen LogP contribution in [0.25, 0.3) is 23.1 Å². The SMILES string of the molecule is Cc1ccc2nc(/C=C/c3ccc(Cl)c([N+](=O)[O-])c3)ccc2c1. The molecule has 1 aromatic heterocycles. The zero-order valence-electron chi connectivity index (χ0n) is 12.4. The summed E-state index contributed by atoms with van der Waals surface area (Å²) in [4.78, 5) is 15.0. The van der Waals surface area contributed by atoms with Gasteiger partial charge in [-0.1, -0.05) is 41.4 Å². The number of nitro benzene ring substituents is 1. The number of hydrogen-bond acceptors (Lipinski definition) is 3. The third kappa shape index (κ3) is 3.38. The molecule has 0 bridgehead atoms.